The maximum Gasteiger partial charge on any atom is 0.229 e. The van der Waals surface area contributed by atoms with Gasteiger partial charge in [0.05, 0.1) is 57.8 Å². The molecule has 6 rings (SSSR count). The highest BCUT2D eigenvalue weighted by molar-refractivity contribution is 5.90. The van der Waals surface area contributed by atoms with Gasteiger partial charge < -0.3 is 38.8 Å². The number of nitrogens with zero attached hydrogens (tertiary/aromatic N) is 5. The van der Waals surface area contributed by atoms with Gasteiger partial charge >= 0.3 is 0 Å². The lowest BCUT2D eigenvalue weighted by atomic mass is 10.1. The summed E-state index contributed by atoms with van der Waals surface area (Å²) in [5.74, 6) is 3.83. The largest absolute Gasteiger partial charge is 0.496 e. The smallest absolute Gasteiger partial charge is 0.229 e. The number of pyridine rings is 1. The molecule has 11 nitrogen and oxygen atoms in total. The zero-order valence-electron chi connectivity index (χ0n) is 26.7. The molecule has 1 N–H and O–H groups in total. The van der Waals surface area contributed by atoms with Crippen molar-refractivity contribution in [3.63, 3.8) is 0 Å². The van der Waals surface area contributed by atoms with Crippen molar-refractivity contribution in [2.45, 2.75) is 39.1 Å². The number of morpholine rings is 2. The van der Waals surface area contributed by atoms with Crippen molar-refractivity contribution in [2.24, 2.45) is 0 Å². The highest BCUT2D eigenvalue weighted by Crippen LogP contribution is 2.33. The van der Waals surface area contributed by atoms with E-state index in [1.807, 2.05) is 36.4 Å². The number of ether oxygens (including phenoxy) is 5. The van der Waals surface area contributed by atoms with Crippen molar-refractivity contribution in [3.05, 3.63) is 59.7 Å². The Morgan fingerprint density at radius 2 is 1.56 bits per heavy atom. The molecule has 0 spiro atoms. The van der Waals surface area contributed by atoms with E-state index in [9.17, 15) is 0 Å². The van der Waals surface area contributed by atoms with E-state index in [0.29, 0.717) is 43.6 Å². The summed E-state index contributed by atoms with van der Waals surface area (Å²) in [7, 11) is 4.99. The van der Waals surface area contributed by atoms with Crippen molar-refractivity contribution in [3.8, 4) is 28.5 Å². The minimum atomic E-state index is 0.0931. The molecule has 0 unspecified atom stereocenters. The number of para-hydroxylation sites is 1. The number of fused-ring (bicyclic) bond motifs is 1. The lowest BCUT2D eigenvalue weighted by molar-refractivity contribution is -0.00570. The van der Waals surface area contributed by atoms with Gasteiger partial charge in [-0.1, -0.05) is 12.1 Å². The minimum absolute atomic E-state index is 0.0931. The van der Waals surface area contributed by atoms with Crippen LogP contribution in [0.1, 0.15) is 25.0 Å². The van der Waals surface area contributed by atoms with Crippen LogP contribution in [0.3, 0.4) is 0 Å². The highest BCUT2D eigenvalue weighted by atomic mass is 16.5. The standard InChI is InChI=1S/C34H42N6O5/c1-22-20-40(21-23(2)45-22)34-37-32-27(33(38-34)39-13-15-44-16-14-39)10-11-28(36-32)24-9-12-29(41-3)26(17-24)19-35-18-25-7-6-8-30(42-4)31(25)43-5/h6-12,17,22-23,35H,13-16,18-21H2,1-5H3/t22-,23+. The van der Waals surface area contributed by atoms with Gasteiger partial charge in [-0.25, -0.2) is 4.98 Å². The molecule has 2 fully saturated rings. The first kappa shape index (κ1) is 30.8. The van der Waals surface area contributed by atoms with Crippen LogP contribution in [0, 0.1) is 0 Å². The number of methoxy groups -OCH3 is 3. The second-order valence-electron chi connectivity index (χ2n) is 11.5. The van der Waals surface area contributed by atoms with Crippen molar-refractivity contribution in [1.29, 1.82) is 0 Å². The van der Waals surface area contributed by atoms with Crippen LogP contribution in [0.5, 0.6) is 17.2 Å². The zero-order valence-corrected chi connectivity index (χ0v) is 26.7. The van der Waals surface area contributed by atoms with Gasteiger partial charge in [-0.3, -0.25) is 0 Å². The average molecular weight is 615 g/mol. The Balaban J connectivity index is 1.31. The van der Waals surface area contributed by atoms with Gasteiger partial charge in [0.15, 0.2) is 17.1 Å². The van der Waals surface area contributed by atoms with E-state index in [-0.39, 0.29) is 12.2 Å². The molecule has 2 atom stereocenters. The molecule has 2 aliphatic rings. The number of hydrogen-bond acceptors (Lipinski definition) is 11. The Labute approximate surface area is 264 Å². The van der Waals surface area contributed by atoms with E-state index >= 15 is 0 Å². The van der Waals surface area contributed by atoms with Crippen LogP contribution in [0.2, 0.25) is 0 Å². The summed E-state index contributed by atoms with van der Waals surface area (Å²) in [5.41, 5.74) is 4.52. The Bertz CT molecular complexity index is 1620. The topological polar surface area (TPSA) is 103 Å². The van der Waals surface area contributed by atoms with Crippen LogP contribution in [0.25, 0.3) is 22.3 Å². The molecule has 2 aromatic carbocycles. The normalized spacial score (nSPS) is 18.7. The maximum absolute atomic E-state index is 5.99. The fourth-order valence-corrected chi connectivity index (χ4v) is 6.14. The highest BCUT2D eigenvalue weighted by Gasteiger charge is 2.27. The molecule has 0 aliphatic carbocycles. The first-order chi connectivity index (χ1) is 22.0. The van der Waals surface area contributed by atoms with Gasteiger partial charge in [-0.15, -0.1) is 0 Å². The van der Waals surface area contributed by atoms with Crippen molar-refractivity contribution in [1.82, 2.24) is 20.3 Å². The summed E-state index contributed by atoms with van der Waals surface area (Å²) in [6, 6.07) is 16.2. The van der Waals surface area contributed by atoms with Crippen LogP contribution in [0.15, 0.2) is 48.5 Å². The Morgan fingerprint density at radius 3 is 2.29 bits per heavy atom. The summed E-state index contributed by atoms with van der Waals surface area (Å²) in [6.07, 6.45) is 0.186. The number of aromatic nitrogens is 3. The second-order valence-corrected chi connectivity index (χ2v) is 11.5. The molecule has 0 saturated carbocycles. The average Bonchev–Trinajstić information content (AvgIpc) is 3.07. The maximum atomic E-state index is 5.99. The van der Waals surface area contributed by atoms with E-state index in [1.165, 1.54) is 0 Å². The van der Waals surface area contributed by atoms with E-state index in [2.05, 4.69) is 41.1 Å². The first-order valence-corrected chi connectivity index (χ1v) is 15.5. The molecule has 0 amide bonds. The molecule has 11 heteroatoms. The Kier molecular flexibility index (Phi) is 9.48. The predicted octanol–water partition coefficient (Wildman–Crippen LogP) is 4.46. The summed E-state index contributed by atoms with van der Waals surface area (Å²) in [5, 5.41) is 4.47. The molecule has 2 aromatic heterocycles. The number of benzene rings is 2. The molecule has 4 heterocycles. The molecular formula is C34H42N6O5. The quantitative estimate of drug-likeness (QED) is 0.274. The van der Waals surface area contributed by atoms with Gasteiger partial charge in [-0.2, -0.15) is 9.97 Å². The van der Waals surface area contributed by atoms with Gasteiger partial charge in [0.25, 0.3) is 0 Å². The monoisotopic (exact) mass is 614 g/mol. The van der Waals surface area contributed by atoms with Gasteiger partial charge in [0, 0.05) is 56.0 Å². The molecule has 2 aliphatic heterocycles. The fraction of sp³-hybridized carbons (Fsp3) is 0.441. The lowest BCUT2D eigenvalue weighted by Gasteiger charge is -2.36. The van der Waals surface area contributed by atoms with E-state index < -0.39 is 0 Å². The third-order valence-electron chi connectivity index (χ3n) is 8.23. The number of nitrogens with one attached hydrogen (secondary N) is 1. The van der Waals surface area contributed by atoms with E-state index in [1.54, 1.807) is 21.3 Å². The van der Waals surface area contributed by atoms with Crippen LogP contribution < -0.4 is 29.3 Å². The van der Waals surface area contributed by atoms with Gasteiger partial charge in [0.1, 0.15) is 11.6 Å². The number of hydrogen-bond donors (Lipinski definition) is 1. The summed E-state index contributed by atoms with van der Waals surface area (Å²) >= 11 is 0. The van der Waals surface area contributed by atoms with E-state index in [4.69, 9.17) is 38.6 Å². The predicted molar refractivity (Wildman–Crippen MR) is 175 cm³/mol. The number of anilines is 2. The minimum Gasteiger partial charge on any atom is -0.496 e. The van der Waals surface area contributed by atoms with Crippen LogP contribution in [-0.2, 0) is 22.6 Å². The Morgan fingerprint density at radius 1 is 0.800 bits per heavy atom. The summed E-state index contributed by atoms with van der Waals surface area (Å²) < 4.78 is 28.4. The molecule has 0 bridgehead atoms. The molecule has 0 radical (unpaired) electrons. The molecule has 45 heavy (non-hydrogen) atoms. The summed E-state index contributed by atoms with van der Waals surface area (Å²) in [6.45, 7) is 9.73. The van der Waals surface area contributed by atoms with Crippen molar-refractivity contribution >= 4 is 22.8 Å². The SMILES string of the molecule is COc1ccc(-c2ccc3c(N4CCOCC4)nc(N4C[C@@H](C)O[C@@H](C)C4)nc3n2)cc1CNCc1cccc(OC)c1OC. The molecule has 2 saturated heterocycles. The fourth-order valence-electron chi connectivity index (χ4n) is 6.14. The molecule has 238 valence electrons. The zero-order chi connectivity index (χ0) is 31.3. The molecule has 4 aromatic rings. The second kappa shape index (κ2) is 13.8. The van der Waals surface area contributed by atoms with Crippen LogP contribution in [0.4, 0.5) is 11.8 Å². The summed E-state index contributed by atoms with van der Waals surface area (Å²) in [4.78, 5) is 19.7. The third-order valence-corrected chi connectivity index (χ3v) is 8.23. The van der Waals surface area contributed by atoms with Crippen molar-refractivity contribution < 1.29 is 23.7 Å². The van der Waals surface area contributed by atoms with Crippen LogP contribution in [-0.4, -0.2) is 87.9 Å². The Hall–Kier alpha value is -4.19. The van der Waals surface area contributed by atoms with Gasteiger partial charge in [-0.05, 0) is 50.2 Å². The molecular weight excluding hydrogens is 572 g/mol. The lowest BCUT2D eigenvalue weighted by Crippen LogP contribution is -2.46. The van der Waals surface area contributed by atoms with Crippen molar-refractivity contribution in [2.75, 3.05) is 70.5 Å². The van der Waals surface area contributed by atoms with Crippen LogP contribution >= 0.6 is 0 Å². The van der Waals surface area contributed by atoms with E-state index in [0.717, 1.165) is 71.3 Å². The first-order valence-electron chi connectivity index (χ1n) is 15.5. The van der Waals surface area contributed by atoms with Gasteiger partial charge in [0.2, 0.25) is 5.95 Å². The third kappa shape index (κ3) is 6.75. The number of rotatable bonds is 10.